The van der Waals surface area contributed by atoms with Gasteiger partial charge in [-0.05, 0) is 18.8 Å². The fraction of sp³-hybridized carbons (Fsp3) is 0.556. The van der Waals surface area contributed by atoms with Gasteiger partial charge >= 0.3 is 0 Å². The Morgan fingerprint density at radius 3 is 3.14 bits per heavy atom. The molecule has 1 aliphatic rings. The summed E-state index contributed by atoms with van der Waals surface area (Å²) < 4.78 is 6.77. The molecule has 2 rings (SSSR count). The summed E-state index contributed by atoms with van der Waals surface area (Å²) in [5.74, 6) is 0.697. The first-order valence-corrected chi connectivity index (χ1v) is 4.94. The third kappa shape index (κ3) is 2.33. The van der Waals surface area contributed by atoms with Crippen LogP contribution in [0.25, 0.3) is 0 Å². The minimum absolute atomic E-state index is 0.0116. The molecule has 0 aliphatic heterocycles. The molecule has 14 heavy (non-hydrogen) atoms. The van der Waals surface area contributed by atoms with Crippen molar-refractivity contribution in [2.45, 2.75) is 19.6 Å². The van der Waals surface area contributed by atoms with Gasteiger partial charge in [-0.2, -0.15) is 0 Å². The van der Waals surface area contributed by atoms with Crippen LogP contribution < -0.4 is 5.56 Å². The molecule has 0 spiro atoms. The Morgan fingerprint density at radius 2 is 2.43 bits per heavy atom. The average Bonchev–Trinajstić information content (AvgIpc) is 2.96. The van der Waals surface area contributed by atoms with E-state index in [0.717, 1.165) is 6.61 Å². The van der Waals surface area contributed by atoms with Crippen LogP contribution in [-0.4, -0.2) is 16.2 Å². The molecule has 0 saturated heterocycles. The molecule has 0 amide bonds. The van der Waals surface area contributed by atoms with Crippen LogP contribution in [0.4, 0.5) is 0 Å². The smallest absolute Gasteiger partial charge is 0.290 e. The van der Waals surface area contributed by atoms with Gasteiger partial charge in [0.05, 0.1) is 6.61 Å². The van der Waals surface area contributed by atoms with Gasteiger partial charge in [-0.3, -0.25) is 9.36 Å². The van der Waals surface area contributed by atoms with Gasteiger partial charge in [-0.15, -0.1) is 0 Å². The Hall–Kier alpha value is -0.870. The van der Waals surface area contributed by atoms with Crippen LogP contribution in [0.5, 0.6) is 0 Å². The maximum absolute atomic E-state index is 11.3. The summed E-state index contributed by atoms with van der Waals surface area (Å²) in [6, 6.07) is 0. The monoisotopic (exact) mass is 214 g/mol. The first-order chi connectivity index (χ1) is 6.77. The molecule has 1 saturated carbocycles. The van der Waals surface area contributed by atoms with Gasteiger partial charge in [-0.25, -0.2) is 4.98 Å². The minimum Gasteiger partial charge on any atom is -0.360 e. The number of nitrogens with zero attached hydrogens (tertiary/aromatic N) is 2. The van der Waals surface area contributed by atoms with Gasteiger partial charge < -0.3 is 4.74 Å². The lowest BCUT2D eigenvalue weighted by Crippen LogP contribution is -2.22. The van der Waals surface area contributed by atoms with Crippen molar-refractivity contribution in [2.24, 2.45) is 5.92 Å². The van der Waals surface area contributed by atoms with Crippen molar-refractivity contribution >= 4 is 11.6 Å². The summed E-state index contributed by atoms with van der Waals surface area (Å²) in [4.78, 5) is 15.0. The van der Waals surface area contributed by atoms with Crippen molar-refractivity contribution in [1.82, 2.24) is 9.55 Å². The standard InChI is InChI=1S/C9H11ClN2O2/c10-8-9(13)12(4-3-11-8)6-14-5-7-1-2-7/h3-4,7H,1-2,5-6H2. The number of hydrogen-bond acceptors (Lipinski definition) is 3. The van der Waals surface area contributed by atoms with E-state index in [9.17, 15) is 4.79 Å². The number of ether oxygens (including phenoxy) is 1. The fourth-order valence-electron chi connectivity index (χ4n) is 1.12. The lowest BCUT2D eigenvalue weighted by Gasteiger charge is -2.05. The molecule has 1 heterocycles. The Morgan fingerprint density at radius 1 is 1.64 bits per heavy atom. The summed E-state index contributed by atoms with van der Waals surface area (Å²) in [7, 11) is 0. The zero-order valence-corrected chi connectivity index (χ0v) is 8.41. The van der Waals surface area contributed by atoms with Crippen LogP contribution in [0.1, 0.15) is 12.8 Å². The second-order valence-corrected chi connectivity index (χ2v) is 3.79. The molecule has 1 fully saturated rings. The van der Waals surface area contributed by atoms with E-state index in [4.69, 9.17) is 16.3 Å². The zero-order chi connectivity index (χ0) is 9.97. The SMILES string of the molecule is O=c1c(Cl)nccn1COCC1CC1. The molecule has 1 aliphatic carbocycles. The Bertz CT molecular complexity index is 373. The van der Waals surface area contributed by atoms with Gasteiger partial charge in [0.25, 0.3) is 5.56 Å². The Kier molecular flexibility index (Phi) is 2.84. The normalized spacial score (nSPS) is 15.8. The molecule has 0 N–H and O–H groups in total. The molecule has 0 atom stereocenters. The molecular weight excluding hydrogens is 204 g/mol. The molecule has 0 aromatic carbocycles. The van der Waals surface area contributed by atoms with Crippen molar-refractivity contribution in [3.63, 3.8) is 0 Å². The van der Waals surface area contributed by atoms with E-state index in [2.05, 4.69) is 4.98 Å². The van der Waals surface area contributed by atoms with Crippen molar-refractivity contribution in [3.8, 4) is 0 Å². The van der Waals surface area contributed by atoms with E-state index < -0.39 is 0 Å². The van der Waals surface area contributed by atoms with E-state index >= 15 is 0 Å². The first kappa shape index (κ1) is 9.68. The predicted octanol–water partition coefficient (Wildman–Crippen LogP) is 1.28. The van der Waals surface area contributed by atoms with Crippen LogP contribution in [-0.2, 0) is 11.5 Å². The fourth-order valence-corrected chi connectivity index (χ4v) is 1.29. The molecule has 1 aromatic heterocycles. The number of halogens is 1. The number of aromatic nitrogens is 2. The molecule has 76 valence electrons. The lowest BCUT2D eigenvalue weighted by atomic mass is 10.5. The van der Waals surface area contributed by atoms with E-state index in [1.54, 1.807) is 6.20 Å². The van der Waals surface area contributed by atoms with Crippen LogP contribution in [0.2, 0.25) is 5.15 Å². The van der Waals surface area contributed by atoms with E-state index in [0.29, 0.717) is 5.92 Å². The highest BCUT2D eigenvalue weighted by Crippen LogP contribution is 2.28. The van der Waals surface area contributed by atoms with Crippen molar-refractivity contribution < 1.29 is 4.74 Å². The van der Waals surface area contributed by atoms with Gasteiger partial charge in [-0.1, -0.05) is 11.6 Å². The van der Waals surface area contributed by atoms with Gasteiger partial charge in [0.2, 0.25) is 0 Å². The average molecular weight is 215 g/mol. The number of hydrogen-bond donors (Lipinski definition) is 0. The molecule has 1 aromatic rings. The minimum atomic E-state index is -0.301. The molecule has 4 nitrogen and oxygen atoms in total. The molecule has 0 radical (unpaired) electrons. The third-order valence-corrected chi connectivity index (χ3v) is 2.41. The highest BCUT2D eigenvalue weighted by molar-refractivity contribution is 6.29. The molecule has 0 bridgehead atoms. The van der Waals surface area contributed by atoms with Crippen LogP contribution >= 0.6 is 11.6 Å². The third-order valence-electron chi connectivity index (χ3n) is 2.15. The van der Waals surface area contributed by atoms with Crippen molar-refractivity contribution in [1.29, 1.82) is 0 Å². The highest BCUT2D eigenvalue weighted by Gasteiger charge is 2.21. The summed E-state index contributed by atoms with van der Waals surface area (Å²) >= 11 is 5.57. The zero-order valence-electron chi connectivity index (χ0n) is 7.65. The summed E-state index contributed by atoms with van der Waals surface area (Å²) in [6.45, 7) is 0.990. The summed E-state index contributed by atoms with van der Waals surface area (Å²) in [5, 5.41) is -0.0116. The summed E-state index contributed by atoms with van der Waals surface area (Å²) in [5.41, 5.74) is -0.301. The van der Waals surface area contributed by atoms with E-state index in [1.165, 1.54) is 23.6 Å². The van der Waals surface area contributed by atoms with Crippen molar-refractivity contribution in [2.75, 3.05) is 6.61 Å². The Labute approximate surface area is 86.5 Å². The lowest BCUT2D eigenvalue weighted by molar-refractivity contribution is 0.0666. The molecule has 5 heteroatoms. The van der Waals surface area contributed by atoms with Gasteiger partial charge in [0, 0.05) is 12.4 Å². The Balaban J connectivity index is 1.94. The van der Waals surface area contributed by atoms with Crippen LogP contribution in [0.15, 0.2) is 17.2 Å². The topological polar surface area (TPSA) is 44.1 Å². The van der Waals surface area contributed by atoms with E-state index in [1.807, 2.05) is 0 Å². The molecule has 0 unspecified atom stereocenters. The van der Waals surface area contributed by atoms with Gasteiger partial charge in [0.1, 0.15) is 6.73 Å². The highest BCUT2D eigenvalue weighted by atomic mass is 35.5. The van der Waals surface area contributed by atoms with Crippen molar-refractivity contribution in [3.05, 3.63) is 27.9 Å². The second-order valence-electron chi connectivity index (χ2n) is 3.44. The maximum atomic E-state index is 11.3. The van der Waals surface area contributed by atoms with E-state index in [-0.39, 0.29) is 17.4 Å². The maximum Gasteiger partial charge on any atom is 0.290 e. The second kappa shape index (κ2) is 4.11. The largest absolute Gasteiger partial charge is 0.360 e. The van der Waals surface area contributed by atoms with Crippen LogP contribution in [0.3, 0.4) is 0 Å². The quantitative estimate of drug-likeness (QED) is 0.759. The first-order valence-electron chi connectivity index (χ1n) is 4.56. The predicted molar refractivity (Wildman–Crippen MR) is 52.2 cm³/mol. The van der Waals surface area contributed by atoms with Gasteiger partial charge in [0.15, 0.2) is 5.15 Å². The summed E-state index contributed by atoms with van der Waals surface area (Å²) in [6.07, 6.45) is 5.54. The van der Waals surface area contributed by atoms with Crippen LogP contribution in [0, 0.1) is 5.92 Å². The number of rotatable bonds is 4. The molecular formula is C9H11ClN2O2.